The Hall–Kier alpha value is -1.43. The second kappa shape index (κ2) is 12.6. The van der Waals surface area contributed by atoms with Gasteiger partial charge in [-0.15, -0.1) is 0 Å². The van der Waals surface area contributed by atoms with E-state index in [0.717, 1.165) is 11.1 Å². The first-order chi connectivity index (χ1) is 14.4. The number of likely N-dealkylation sites (N-methyl/N-ethyl adjacent to an activating group) is 1. The van der Waals surface area contributed by atoms with Crippen LogP contribution in [0, 0.1) is 11.2 Å². The van der Waals surface area contributed by atoms with E-state index in [1.165, 1.54) is 12.1 Å². The summed E-state index contributed by atoms with van der Waals surface area (Å²) in [6, 6.07) is 6.27. The van der Waals surface area contributed by atoms with Crippen LogP contribution in [0.1, 0.15) is 46.1 Å². The lowest BCUT2D eigenvalue weighted by Gasteiger charge is -2.21. The highest BCUT2D eigenvalue weighted by Gasteiger charge is 2.34. The molecule has 1 rings (SSSR count). The zero-order valence-electron chi connectivity index (χ0n) is 18.7. The molecule has 0 heterocycles. The van der Waals surface area contributed by atoms with Crippen LogP contribution in [0.3, 0.4) is 0 Å². The maximum Gasteiger partial charge on any atom is 0.345 e. The summed E-state index contributed by atoms with van der Waals surface area (Å²) >= 11 is 0. The number of benzene rings is 1. The summed E-state index contributed by atoms with van der Waals surface area (Å²) in [7, 11) is -2.80. The second-order valence-corrected chi connectivity index (χ2v) is 11.6. The van der Waals surface area contributed by atoms with Crippen molar-refractivity contribution in [3.05, 3.63) is 41.7 Å². The predicted octanol–water partition coefficient (Wildman–Crippen LogP) is 5.31. The van der Waals surface area contributed by atoms with Gasteiger partial charge in [-0.3, -0.25) is 18.4 Å². The van der Waals surface area contributed by atoms with Crippen LogP contribution >= 0.6 is 16.1 Å². The van der Waals surface area contributed by atoms with Crippen LogP contribution in [0.25, 0.3) is 5.57 Å². The van der Waals surface area contributed by atoms with E-state index in [2.05, 4.69) is 0 Å². The average molecular weight is 475 g/mol. The SMILES string of the molecule is C/C(=C\CN(C)CCCC(P=O)P(=O)(O)OCOC(=O)C(C)(C)C)c1ccc(F)cc1. The van der Waals surface area contributed by atoms with Crippen molar-refractivity contribution >= 4 is 27.6 Å². The maximum absolute atomic E-state index is 13.0. The Kier molecular flexibility index (Phi) is 11.2. The van der Waals surface area contributed by atoms with Gasteiger partial charge in [-0.25, -0.2) is 4.39 Å². The minimum atomic E-state index is -4.21. The van der Waals surface area contributed by atoms with E-state index >= 15 is 0 Å². The predicted molar refractivity (Wildman–Crippen MR) is 120 cm³/mol. The van der Waals surface area contributed by atoms with Crippen LogP contribution in [-0.2, 0) is 23.2 Å². The molecule has 2 atom stereocenters. The van der Waals surface area contributed by atoms with Crippen LogP contribution in [-0.4, -0.2) is 48.1 Å². The number of nitrogens with zero attached hydrogens (tertiary/aromatic N) is 1. The molecule has 31 heavy (non-hydrogen) atoms. The zero-order chi connectivity index (χ0) is 23.7. The third kappa shape index (κ3) is 10.2. The monoisotopic (exact) mass is 475 g/mol. The van der Waals surface area contributed by atoms with Gasteiger partial charge in [0, 0.05) is 6.54 Å². The molecule has 174 valence electrons. The van der Waals surface area contributed by atoms with Crippen LogP contribution < -0.4 is 0 Å². The van der Waals surface area contributed by atoms with E-state index in [9.17, 15) is 23.2 Å². The largest absolute Gasteiger partial charge is 0.438 e. The summed E-state index contributed by atoms with van der Waals surface area (Å²) < 4.78 is 46.5. The number of ether oxygens (including phenoxy) is 1. The van der Waals surface area contributed by atoms with Gasteiger partial charge in [0.2, 0.25) is 6.79 Å². The lowest BCUT2D eigenvalue weighted by atomic mass is 9.98. The topological polar surface area (TPSA) is 93.1 Å². The molecule has 7 nitrogen and oxygen atoms in total. The van der Waals surface area contributed by atoms with Gasteiger partial charge in [0.1, 0.15) is 11.2 Å². The fourth-order valence-corrected chi connectivity index (χ4v) is 4.34. The number of hydrogen-bond acceptors (Lipinski definition) is 6. The van der Waals surface area contributed by atoms with E-state index in [1.807, 2.05) is 24.9 Å². The number of rotatable bonds is 12. The van der Waals surface area contributed by atoms with Gasteiger partial charge in [0.25, 0.3) is 0 Å². The molecule has 0 fully saturated rings. The number of halogens is 1. The van der Waals surface area contributed by atoms with Crippen molar-refractivity contribution in [1.82, 2.24) is 4.90 Å². The van der Waals surface area contributed by atoms with Crippen LogP contribution in [0.4, 0.5) is 4.39 Å². The lowest BCUT2D eigenvalue weighted by Crippen LogP contribution is -2.24. The summed E-state index contributed by atoms with van der Waals surface area (Å²) in [5, 5.41) is -1.09. The Bertz CT molecular complexity index is 807. The molecular weight excluding hydrogens is 443 g/mol. The summed E-state index contributed by atoms with van der Waals surface area (Å²) in [6.45, 7) is 7.49. The van der Waals surface area contributed by atoms with E-state index < -0.39 is 39.6 Å². The van der Waals surface area contributed by atoms with Crippen molar-refractivity contribution in [2.75, 3.05) is 26.9 Å². The Balaban J connectivity index is 2.45. The van der Waals surface area contributed by atoms with Crippen molar-refractivity contribution in [2.24, 2.45) is 5.41 Å². The lowest BCUT2D eigenvalue weighted by molar-refractivity contribution is -0.159. The van der Waals surface area contributed by atoms with Gasteiger partial charge < -0.3 is 14.5 Å². The first-order valence-electron chi connectivity index (χ1n) is 9.94. The fraction of sp³-hybridized carbons (Fsp3) is 0.571. The van der Waals surface area contributed by atoms with Gasteiger partial charge in [-0.1, -0.05) is 18.2 Å². The molecule has 0 aromatic heterocycles. The minimum absolute atomic E-state index is 0.205. The number of carbonyl (C=O) groups is 1. The molecule has 1 N–H and O–H groups in total. The summed E-state index contributed by atoms with van der Waals surface area (Å²) in [6.07, 6.45) is 2.74. The molecule has 10 heteroatoms. The molecule has 0 saturated carbocycles. The number of hydrogen-bond donors (Lipinski definition) is 1. The van der Waals surface area contributed by atoms with E-state index in [1.54, 1.807) is 32.9 Å². The summed E-state index contributed by atoms with van der Waals surface area (Å²) in [4.78, 5) is 23.8. The van der Waals surface area contributed by atoms with Crippen molar-refractivity contribution in [3.8, 4) is 0 Å². The third-order valence-electron chi connectivity index (χ3n) is 4.55. The molecule has 0 aliphatic heterocycles. The van der Waals surface area contributed by atoms with Crippen LogP contribution in [0.2, 0.25) is 0 Å². The highest BCUT2D eigenvalue weighted by molar-refractivity contribution is 7.62. The molecular formula is C21H32FNO6P2. The number of esters is 1. The van der Waals surface area contributed by atoms with Crippen molar-refractivity contribution < 1.29 is 32.5 Å². The molecule has 1 aromatic carbocycles. The summed E-state index contributed by atoms with van der Waals surface area (Å²) in [5.74, 6) is -0.840. The molecule has 0 aliphatic rings. The molecule has 1 aromatic rings. The standard InChI is InChI=1S/C21H32FNO6P2/c1-16(17-8-10-18(22)11-9-17)12-14-23(5)13-6-7-19(30-25)31(26,27)29-15-28-20(24)21(2,3)4/h8-12,19H,6-7,13-15H2,1-5H3,(H,26,27)/b16-12+. The van der Waals surface area contributed by atoms with Crippen molar-refractivity contribution in [3.63, 3.8) is 0 Å². The van der Waals surface area contributed by atoms with Gasteiger partial charge in [0.15, 0.2) is 8.46 Å². The maximum atomic E-state index is 13.0. The van der Waals surface area contributed by atoms with Gasteiger partial charge in [-0.2, -0.15) is 0 Å². The van der Waals surface area contributed by atoms with Crippen LogP contribution in [0.5, 0.6) is 0 Å². The molecule has 0 aliphatic carbocycles. The molecule has 0 saturated heterocycles. The highest BCUT2D eigenvalue weighted by atomic mass is 31.2. The Labute approximate surface area is 185 Å². The highest BCUT2D eigenvalue weighted by Crippen LogP contribution is 2.53. The Morgan fingerprint density at radius 2 is 1.94 bits per heavy atom. The smallest absolute Gasteiger partial charge is 0.345 e. The average Bonchev–Trinajstić information content (AvgIpc) is 2.68. The zero-order valence-corrected chi connectivity index (χ0v) is 20.5. The Morgan fingerprint density at radius 1 is 1.32 bits per heavy atom. The van der Waals surface area contributed by atoms with E-state index in [4.69, 9.17) is 9.26 Å². The normalized spacial score (nSPS) is 15.7. The molecule has 0 amide bonds. The van der Waals surface area contributed by atoms with Crippen molar-refractivity contribution in [1.29, 1.82) is 0 Å². The summed E-state index contributed by atoms with van der Waals surface area (Å²) in [5.41, 5.74) is 1.19. The fourth-order valence-electron chi connectivity index (χ4n) is 2.49. The van der Waals surface area contributed by atoms with Crippen molar-refractivity contribution in [2.45, 2.75) is 45.9 Å². The second-order valence-electron chi connectivity index (χ2n) is 8.38. The minimum Gasteiger partial charge on any atom is -0.438 e. The number of allylic oxidation sites excluding steroid dienone is 1. The van der Waals surface area contributed by atoms with E-state index in [-0.39, 0.29) is 12.2 Å². The molecule has 2 unspecified atom stereocenters. The molecule has 0 radical (unpaired) electrons. The quantitative estimate of drug-likeness (QED) is 0.249. The van der Waals surface area contributed by atoms with Gasteiger partial charge in [-0.05, 0) is 77.4 Å². The molecule has 0 spiro atoms. The Morgan fingerprint density at radius 3 is 2.48 bits per heavy atom. The van der Waals surface area contributed by atoms with E-state index in [0.29, 0.717) is 19.5 Å². The first kappa shape index (κ1) is 27.6. The van der Waals surface area contributed by atoms with Gasteiger partial charge in [0.05, 0.1) is 5.41 Å². The first-order valence-corrected chi connectivity index (χ1v) is 12.5. The molecule has 0 bridgehead atoms. The number of carbonyl (C=O) groups excluding carboxylic acids is 1. The third-order valence-corrected chi connectivity index (χ3v) is 7.70. The van der Waals surface area contributed by atoms with Gasteiger partial charge >= 0.3 is 13.6 Å². The van der Waals surface area contributed by atoms with Crippen LogP contribution in [0.15, 0.2) is 30.3 Å².